The Morgan fingerprint density at radius 3 is 1.88 bits per heavy atom. The van der Waals surface area contributed by atoms with E-state index >= 15 is 0 Å². The monoisotopic (exact) mass is 459 g/mol. The van der Waals surface area contributed by atoms with Gasteiger partial charge in [0.1, 0.15) is 6.10 Å². The third-order valence-electron chi connectivity index (χ3n) is 6.04. The van der Waals surface area contributed by atoms with E-state index in [1.807, 2.05) is 42.5 Å². The van der Waals surface area contributed by atoms with Gasteiger partial charge in [0.15, 0.2) is 0 Å². The van der Waals surface area contributed by atoms with Crippen molar-refractivity contribution in [3.63, 3.8) is 0 Å². The third kappa shape index (κ3) is 4.49. The molecule has 3 aromatic carbocycles. The van der Waals surface area contributed by atoms with Gasteiger partial charge < -0.3 is 9.16 Å². The molecule has 6 heteroatoms. The quantitative estimate of drug-likeness (QED) is 0.518. The summed E-state index contributed by atoms with van der Waals surface area (Å²) in [4.78, 5) is 26.5. The summed E-state index contributed by atoms with van der Waals surface area (Å²) >= 11 is 0. The molecule has 0 N–H and O–H groups in total. The SMILES string of the molecule is CC(C)(C)[Si](OC[C@@H]1CN(C(=O)c2ccccc2)C(=O)O1)(c1ccccc1)c1ccccc1. The van der Waals surface area contributed by atoms with E-state index in [0.717, 1.165) is 15.3 Å². The fraction of sp³-hybridized carbons (Fsp3) is 0.259. The average Bonchev–Trinajstić information content (AvgIpc) is 3.20. The van der Waals surface area contributed by atoms with Gasteiger partial charge in [-0.1, -0.05) is 99.6 Å². The van der Waals surface area contributed by atoms with Crippen LogP contribution in [0.3, 0.4) is 0 Å². The molecule has 4 rings (SSSR count). The molecule has 0 aliphatic carbocycles. The van der Waals surface area contributed by atoms with Crippen LogP contribution in [-0.4, -0.2) is 44.5 Å². The van der Waals surface area contributed by atoms with E-state index in [4.69, 9.17) is 9.16 Å². The average molecular weight is 460 g/mol. The van der Waals surface area contributed by atoms with Gasteiger partial charge in [0, 0.05) is 5.56 Å². The van der Waals surface area contributed by atoms with E-state index in [0.29, 0.717) is 5.56 Å². The standard InChI is InChI=1S/C27H29NO4Si/c1-27(2,3)33(23-15-9-5-10-16-23,24-17-11-6-12-18-24)31-20-22-19-28(26(30)32-22)25(29)21-13-7-4-8-14-21/h4-18,22H,19-20H2,1-3H3/t22-/m0/s1. The van der Waals surface area contributed by atoms with Crippen LogP contribution in [0.15, 0.2) is 91.0 Å². The van der Waals surface area contributed by atoms with E-state index in [1.54, 1.807) is 24.3 Å². The van der Waals surface area contributed by atoms with Crippen molar-refractivity contribution in [3.05, 3.63) is 96.6 Å². The number of rotatable bonds is 6. The molecule has 1 saturated heterocycles. The van der Waals surface area contributed by atoms with Crippen LogP contribution in [0, 0.1) is 0 Å². The van der Waals surface area contributed by atoms with Crippen molar-refractivity contribution in [2.45, 2.75) is 31.9 Å². The van der Waals surface area contributed by atoms with Crippen LogP contribution in [0.4, 0.5) is 4.79 Å². The van der Waals surface area contributed by atoms with Gasteiger partial charge in [-0.15, -0.1) is 0 Å². The number of hydrogen-bond acceptors (Lipinski definition) is 4. The van der Waals surface area contributed by atoms with Crippen molar-refractivity contribution in [2.24, 2.45) is 0 Å². The smallest absolute Gasteiger partial charge is 0.417 e. The van der Waals surface area contributed by atoms with Crippen LogP contribution in [0.25, 0.3) is 0 Å². The Balaban J connectivity index is 1.61. The second-order valence-electron chi connectivity index (χ2n) is 9.26. The molecule has 0 spiro atoms. The zero-order valence-electron chi connectivity index (χ0n) is 19.2. The van der Waals surface area contributed by atoms with E-state index in [-0.39, 0.29) is 24.1 Å². The second-order valence-corrected chi connectivity index (χ2v) is 13.6. The van der Waals surface area contributed by atoms with Gasteiger partial charge in [0.2, 0.25) is 0 Å². The van der Waals surface area contributed by atoms with Gasteiger partial charge in [-0.2, -0.15) is 0 Å². The first kappa shape index (κ1) is 23.0. The minimum atomic E-state index is -2.75. The fourth-order valence-electron chi connectivity index (χ4n) is 4.49. The predicted molar refractivity (Wildman–Crippen MR) is 131 cm³/mol. The molecule has 0 bridgehead atoms. The highest BCUT2D eigenvalue weighted by atomic mass is 28.4. The number of amides is 2. The van der Waals surface area contributed by atoms with Gasteiger partial charge in [-0.3, -0.25) is 4.79 Å². The van der Waals surface area contributed by atoms with Crippen LogP contribution in [0.1, 0.15) is 31.1 Å². The summed E-state index contributed by atoms with van der Waals surface area (Å²) in [5.74, 6) is -0.353. The Kier molecular flexibility index (Phi) is 6.49. The number of ether oxygens (including phenoxy) is 1. The summed E-state index contributed by atoms with van der Waals surface area (Å²) in [5.41, 5.74) is 0.461. The maximum Gasteiger partial charge on any atom is 0.417 e. The summed E-state index contributed by atoms with van der Waals surface area (Å²) < 4.78 is 12.4. The van der Waals surface area contributed by atoms with Crippen molar-refractivity contribution in [1.29, 1.82) is 0 Å². The van der Waals surface area contributed by atoms with Crippen molar-refractivity contribution < 1.29 is 18.8 Å². The molecule has 1 fully saturated rings. The normalized spacial score (nSPS) is 16.5. The van der Waals surface area contributed by atoms with Gasteiger partial charge in [0.05, 0.1) is 13.2 Å². The number of carbonyl (C=O) groups excluding carboxylic acids is 2. The number of imide groups is 1. The molecule has 0 saturated carbocycles. The summed E-state index contributed by atoms with van der Waals surface area (Å²) in [6, 6.07) is 29.4. The van der Waals surface area contributed by atoms with E-state index < -0.39 is 20.5 Å². The lowest BCUT2D eigenvalue weighted by molar-refractivity contribution is 0.0804. The molecule has 2 amide bonds. The first-order chi connectivity index (χ1) is 15.8. The van der Waals surface area contributed by atoms with Crippen LogP contribution >= 0.6 is 0 Å². The Labute approximate surface area is 196 Å². The minimum Gasteiger partial charge on any atom is -0.441 e. The molecule has 3 aromatic rings. The molecule has 1 aliphatic rings. The summed E-state index contributed by atoms with van der Waals surface area (Å²) in [7, 11) is -2.75. The van der Waals surface area contributed by atoms with Gasteiger partial charge in [-0.25, -0.2) is 9.69 Å². The Morgan fingerprint density at radius 2 is 1.39 bits per heavy atom. The number of benzene rings is 3. The van der Waals surface area contributed by atoms with Crippen molar-refractivity contribution in [3.8, 4) is 0 Å². The number of hydrogen-bond donors (Lipinski definition) is 0. The van der Waals surface area contributed by atoms with Crippen molar-refractivity contribution in [2.75, 3.05) is 13.2 Å². The van der Waals surface area contributed by atoms with Crippen LogP contribution in [0.2, 0.25) is 5.04 Å². The summed E-state index contributed by atoms with van der Waals surface area (Å²) in [6.45, 7) is 6.99. The molecule has 5 nitrogen and oxygen atoms in total. The predicted octanol–water partition coefficient (Wildman–Crippen LogP) is 4.22. The van der Waals surface area contributed by atoms with Crippen molar-refractivity contribution in [1.82, 2.24) is 4.90 Å². The highest BCUT2D eigenvalue weighted by Crippen LogP contribution is 2.37. The van der Waals surface area contributed by atoms with E-state index in [2.05, 4.69) is 45.0 Å². The number of carbonyl (C=O) groups is 2. The number of nitrogens with zero attached hydrogens (tertiary/aromatic N) is 1. The first-order valence-electron chi connectivity index (χ1n) is 11.2. The highest BCUT2D eigenvalue weighted by molar-refractivity contribution is 6.99. The molecular weight excluding hydrogens is 430 g/mol. The second kappa shape index (κ2) is 9.33. The lowest BCUT2D eigenvalue weighted by Gasteiger charge is -2.43. The maximum absolute atomic E-state index is 12.8. The lowest BCUT2D eigenvalue weighted by atomic mass is 10.2. The van der Waals surface area contributed by atoms with Crippen LogP contribution in [0.5, 0.6) is 0 Å². The fourth-order valence-corrected chi connectivity index (χ4v) is 9.08. The van der Waals surface area contributed by atoms with E-state index in [9.17, 15) is 9.59 Å². The van der Waals surface area contributed by atoms with Crippen LogP contribution in [-0.2, 0) is 9.16 Å². The molecule has 1 aliphatic heterocycles. The first-order valence-corrected chi connectivity index (χ1v) is 13.1. The third-order valence-corrected chi connectivity index (χ3v) is 11.0. The highest BCUT2D eigenvalue weighted by Gasteiger charge is 2.51. The summed E-state index contributed by atoms with van der Waals surface area (Å²) in [5, 5.41) is 2.13. The molecular formula is C27H29NO4Si. The lowest BCUT2D eigenvalue weighted by Crippen LogP contribution is -2.67. The maximum atomic E-state index is 12.8. The Morgan fingerprint density at radius 1 is 0.909 bits per heavy atom. The molecule has 170 valence electrons. The Hall–Kier alpha value is -3.22. The zero-order chi connectivity index (χ0) is 23.5. The van der Waals surface area contributed by atoms with E-state index in [1.165, 1.54) is 0 Å². The molecule has 0 aromatic heterocycles. The topological polar surface area (TPSA) is 55.8 Å². The molecule has 1 heterocycles. The number of cyclic esters (lactones) is 1. The van der Waals surface area contributed by atoms with Crippen molar-refractivity contribution >= 4 is 30.7 Å². The largest absolute Gasteiger partial charge is 0.441 e. The zero-order valence-corrected chi connectivity index (χ0v) is 20.2. The van der Waals surface area contributed by atoms with Crippen LogP contribution < -0.4 is 10.4 Å². The van der Waals surface area contributed by atoms with Gasteiger partial charge in [0.25, 0.3) is 14.2 Å². The molecule has 0 radical (unpaired) electrons. The molecule has 0 unspecified atom stereocenters. The van der Waals surface area contributed by atoms with Gasteiger partial charge in [-0.05, 0) is 27.5 Å². The summed E-state index contributed by atoms with van der Waals surface area (Å²) in [6.07, 6.45) is -1.15. The Bertz CT molecular complexity index is 1060. The molecule has 1 atom stereocenters. The minimum absolute atomic E-state index is 0.171. The molecule has 33 heavy (non-hydrogen) atoms. The van der Waals surface area contributed by atoms with Gasteiger partial charge >= 0.3 is 6.09 Å².